The second-order valence-corrected chi connectivity index (χ2v) is 8.35. The molecular weight excluding hydrogens is 360 g/mol. The Kier molecular flexibility index (Phi) is 4.11. The lowest BCUT2D eigenvalue weighted by Crippen LogP contribution is -2.28. The lowest BCUT2D eigenvalue weighted by Gasteiger charge is -2.25. The number of hydrogen-bond donors (Lipinski definition) is 2. The molecule has 0 saturated heterocycles. The Balaban J connectivity index is 1.81. The Bertz CT molecular complexity index is 1010. The van der Waals surface area contributed by atoms with Crippen molar-refractivity contribution in [3.05, 3.63) is 64.6 Å². The molecule has 3 aromatic rings. The third-order valence-corrected chi connectivity index (χ3v) is 5.78. The van der Waals surface area contributed by atoms with Gasteiger partial charge in [0.25, 0.3) is 0 Å². The molecule has 0 unspecified atom stereocenters. The molecule has 0 spiro atoms. The van der Waals surface area contributed by atoms with Gasteiger partial charge in [0.2, 0.25) is 0 Å². The fourth-order valence-corrected chi connectivity index (χ4v) is 4.03. The molecule has 1 aromatic carbocycles. The van der Waals surface area contributed by atoms with Gasteiger partial charge in [-0.25, -0.2) is 0 Å². The van der Waals surface area contributed by atoms with Crippen molar-refractivity contribution in [2.45, 2.75) is 43.9 Å². The molecule has 27 heavy (non-hydrogen) atoms. The van der Waals surface area contributed by atoms with E-state index in [2.05, 4.69) is 51.7 Å². The summed E-state index contributed by atoms with van der Waals surface area (Å²) in [6.07, 6.45) is 4.68. The quantitative estimate of drug-likeness (QED) is 0.306. The topological polar surface area (TPSA) is 94.6 Å². The van der Waals surface area contributed by atoms with Crippen molar-refractivity contribution >= 4 is 23.1 Å². The van der Waals surface area contributed by atoms with Gasteiger partial charge in [-0.05, 0) is 36.6 Å². The number of rotatable bonds is 5. The lowest BCUT2D eigenvalue weighted by molar-refractivity contribution is 0.548. The summed E-state index contributed by atoms with van der Waals surface area (Å²) in [5, 5.41) is 13.5. The van der Waals surface area contributed by atoms with Crippen LogP contribution in [0.2, 0.25) is 5.02 Å². The van der Waals surface area contributed by atoms with E-state index in [1.807, 2.05) is 24.4 Å². The van der Waals surface area contributed by atoms with Gasteiger partial charge in [-0.15, -0.1) is 10.2 Å². The zero-order valence-corrected chi connectivity index (χ0v) is 16.2. The molecule has 4 rings (SSSR count). The van der Waals surface area contributed by atoms with Gasteiger partial charge in [0.1, 0.15) is 11.7 Å². The van der Waals surface area contributed by atoms with Crippen LogP contribution in [0.15, 0.2) is 47.7 Å². The van der Waals surface area contributed by atoms with Gasteiger partial charge in [0, 0.05) is 28.6 Å². The maximum Gasteiger partial charge on any atom is 0.164 e. The van der Waals surface area contributed by atoms with E-state index in [9.17, 15) is 0 Å². The van der Waals surface area contributed by atoms with Crippen LogP contribution in [0.1, 0.15) is 50.1 Å². The molecule has 1 saturated carbocycles. The van der Waals surface area contributed by atoms with Crippen LogP contribution in [-0.2, 0) is 10.8 Å². The molecule has 1 aliphatic carbocycles. The molecule has 0 aliphatic heterocycles. The van der Waals surface area contributed by atoms with Crippen molar-refractivity contribution in [3.63, 3.8) is 0 Å². The fraction of sp³-hybridized carbons (Fsp3) is 0.350. The summed E-state index contributed by atoms with van der Waals surface area (Å²) in [6, 6.07) is 12.1. The molecule has 2 aromatic heterocycles. The van der Waals surface area contributed by atoms with E-state index in [0.717, 1.165) is 34.9 Å². The first kappa shape index (κ1) is 17.8. The third-order valence-electron chi connectivity index (χ3n) is 5.53. The van der Waals surface area contributed by atoms with Crippen LogP contribution in [-0.4, -0.2) is 20.4 Å². The lowest BCUT2D eigenvalue weighted by atomic mass is 9.81. The van der Waals surface area contributed by atoms with Crippen LogP contribution in [0.3, 0.4) is 0 Å². The zero-order valence-electron chi connectivity index (χ0n) is 15.5. The summed E-state index contributed by atoms with van der Waals surface area (Å²) >= 11 is 6.06. The van der Waals surface area contributed by atoms with Crippen molar-refractivity contribution in [1.82, 2.24) is 14.6 Å². The molecular formula is C20H23ClN6. The highest BCUT2D eigenvalue weighted by Crippen LogP contribution is 2.53. The first-order valence-corrected chi connectivity index (χ1v) is 9.38. The summed E-state index contributed by atoms with van der Waals surface area (Å²) in [7, 11) is 0. The highest BCUT2D eigenvalue weighted by Gasteiger charge is 2.49. The molecule has 140 valence electrons. The molecule has 0 radical (unpaired) electrons. The van der Waals surface area contributed by atoms with Crippen molar-refractivity contribution in [2.75, 3.05) is 0 Å². The summed E-state index contributed by atoms with van der Waals surface area (Å²) in [6.45, 7) is 4.22. The average Bonchev–Trinajstić information content (AvgIpc) is 3.33. The molecule has 4 N–H and O–H groups in total. The van der Waals surface area contributed by atoms with Gasteiger partial charge >= 0.3 is 0 Å². The maximum atomic E-state index is 6.06. The van der Waals surface area contributed by atoms with Gasteiger partial charge in [-0.1, -0.05) is 43.6 Å². The Morgan fingerprint density at radius 1 is 1.22 bits per heavy atom. The van der Waals surface area contributed by atoms with E-state index in [4.69, 9.17) is 23.2 Å². The van der Waals surface area contributed by atoms with Crippen LogP contribution in [0.4, 0.5) is 0 Å². The number of halogens is 1. The number of hydrazone groups is 1. The van der Waals surface area contributed by atoms with E-state index in [1.54, 1.807) is 0 Å². The van der Waals surface area contributed by atoms with Gasteiger partial charge in [0.05, 0.1) is 5.41 Å². The first-order valence-electron chi connectivity index (χ1n) is 9.00. The van der Waals surface area contributed by atoms with E-state index in [-0.39, 0.29) is 10.8 Å². The van der Waals surface area contributed by atoms with E-state index < -0.39 is 0 Å². The van der Waals surface area contributed by atoms with Gasteiger partial charge in [0.15, 0.2) is 5.65 Å². The number of amidine groups is 1. The van der Waals surface area contributed by atoms with Crippen LogP contribution in [0, 0.1) is 0 Å². The molecule has 0 amide bonds. The smallest absolute Gasteiger partial charge is 0.164 e. The zero-order chi connectivity index (χ0) is 19.2. The summed E-state index contributed by atoms with van der Waals surface area (Å²) in [4.78, 5) is 0. The number of aromatic nitrogens is 3. The molecule has 7 heteroatoms. The highest BCUT2D eigenvalue weighted by molar-refractivity contribution is 6.30. The van der Waals surface area contributed by atoms with Gasteiger partial charge in [-0.3, -0.25) is 4.40 Å². The highest BCUT2D eigenvalue weighted by atomic mass is 35.5. The van der Waals surface area contributed by atoms with Crippen molar-refractivity contribution in [1.29, 1.82) is 0 Å². The Morgan fingerprint density at radius 2 is 1.93 bits per heavy atom. The number of hydrogen-bond acceptors (Lipinski definition) is 4. The minimum Gasteiger partial charge on any atom is -0.386 e. The number of nitrogens with two attached hydrogens (primary N) is 2. The molecule has 6 nitrogen and oxygen atoms in total. The van der Waals surface area contributed by atoms with Crippen molar-refractivity contribution in [3.8, 4) is 0 Å². The van der Waals surface area contributed by atoms with Crippen LogP contribution >= 0.6 is 11.6 Å². The Labute approximate surface area is 163 Å². The monoisotopic (exact) mass is 382 g/mol. The van der Waals surface area contributed by atoms with Crippen LogP contribution in [0.5, 0.6) is 0 Å². The van der Waals surface area contributed by atoms with E-state index in [1.165, 1.54) is 5.56 Å². The predicted octanol–water partition coefficient (Wildman–Crippen LogP) is 3.36. The first-order chi connectivity index (χ1) is 12.9. The Hall–Kier alpha value is -2.60. The minimum atomic E-state index is -0.267. The fourth-order valence-electron chi connectivity index (χ4n) is 3.90. The summed E-state index contributed by atoms with van der Waals surface area (Å²) in [5.41, 5.74) is 8.67. The third kappa shape index (κ3) is 2.94. The van der Waals surface area contributed by atoms with E-state index in [0.29, 0.717) is 12.3 Å². The van der Waals surface area contributed by atoms with Crippen LogP contribution in [0.25, 0.3) is 5.65 Å². The minimum absolute atomic E-state index is 0.0927. The largest absolute Gasteiger partial charge is 0.386 e. The molecule has 0 atom stereocenters. The number of nitrogens with zero attached hydrogens (tertiary/aromatic N) is 4. The number of fused-ring (bicyclic) bond motifs is 1. The Morgan fingerprint density at radius 3 is 2.56 bits per heavy atom. The molecule has 1 aliphatic rings. The number of pyridine rings is 1. The second-order valence-electron chi connectivity index (χ2n) is 7.91. The molecule has 0 bridgehead atoms. The summed E-state index contributed by atoms with van der Waals surface area (Å²) < 4.78 is 2.11. The SMILES string of the molecule is CC(C)(C/C(N)=N/N)c1cccn2c(C3(c4ccc(Cl)cc4)CC3)nnc12. The van der Waals surface area contributed by atoms with Crippen molar-refractivity contribution in [2.24, 2.45) is 16.7 Å². The van der Waals surface area contributed by atoms with Gasteiger partial charge < -0.3 is 11.6 Å². The standard InChI is InChI=1S/C20H23ClN6/c1-19(2,12-16(22)24-23)15-4-3-11-27-17(15)25-26-18(27)20(9-10-20)13-5-7-14(21)8-6-13/h3-8,11H,9-10,12,23H2,1-2H3,(H2,22,24). The molecule has 2 heterocycles. The molecule has 1 fully saturated rings. The predicted molar refractivity (Wildman–Crippen MR) is 108 cm³/mol. The van der Waals surface area contributed by atoms with Gasteiger partial charge in [-0.2, -0.15) is 5.10 Å². The van der Waals surface area contributed by atoms with Crippen LogP contribution < -0.4 is 11.6 Å². The van der Waals surface area contributed by atoms with E-state index >= 15 is 0 Å². The van der Waals surface area contributed by atoms with Crippen molar-refractivity contribution < 1.29 is 0 Å². The second kappa shape index (κ2) is 6.23. The summed E-state index contributed by atoms with van der Waals surface area (Å²) in [5.74, 6) is 6.72. The number of benzene rings is 1. The maximum absolute atomic E-state index is 6.06. The average molecular weight is 383 g/mol. The normalized spacial score (nSPS) is 16.6.